The topological polar surface area (TPSA) is 24.9 Å². The van der Waals surface area contributed by atoms with E-state index in [0.717, 1.165) is 5.69 Å². The van der Waals surface area contributed by atoms with Crippen LogP contribution in [-0.2, 0) is 0 Å². The number of hydrogen-bond acceptors (Lipinski definition) is 2. The lowest BCUT2D eigenvalue weighted by atomic mass is 10.0. The molecule has 0 bridgehead atoms. The normalized spacial score (nSPS) is 20.2. The molecule has 0 aromatic carbocycles. The van der Waals surface area contributed by atoms with Crippen LogP contribution in [0.4, 0.5) is 5.69 Å². The number of anilines is 1. The highest BCUT2D eigenvalue weighted by atomic mass is 35.5. The molecular weight excluding hydrogens is 196 g/mol. The molecule has 14 heavy (non-hydrogen) atoms. The van der Waals surface area contributed by atoms with Gasteiger partial charge in [0.05, 0.1) is 0 Å². The Kier molecular flexibility index (Phi) is 2.40. The van der Waals surface area contributed by atoms with Gasteiger partial charge >= 0.3 is 0 Å². The molecule has 3 heteroatoms. The minimum absolute atomic E-state index is 0.482. The van der Waals surface area contributed by atoms with Crippen LogP contribution in [0.15, 0.2) is 18.3 Å². The van der Waals surface area contributed by atoms with Crippen molar-refractivity contribution in [2.45, 2.75) is 32.7 Å². The molecule has 0 radical (unpaired) electrons. The van der Waals surface area contributed by atoms with Crippen molar-refractivity contribution in [2.75, 3.05) is 5.32 Å². The van der Waals surface area contributed by atoms with Crippen molar-refractivity contribution in [3.8, 4) is 0 Å². The first-order valence-electron chi connectivity index (χ1n) is 4.98. The van der Waals surface area contributed by atoms with Crippen molar-refractivity contribution in [3.63, 3.8) is 0 Å². The van der Waals surface area contributed by atoms with E-state index in [1.807, 2.05) is 12.1 Å². The number of hydrogen-bond donors (Lipinski definition) is 1. The van der Waals surface area contributed by atoms with E-state index in [1.54, 1.807) is 6.20 Å². The average Bonchev–Trinajstić information content (AvgIpc) is 2.85. The molecule has 0 saturated heterocycles. The van der Waals surface area contributed by atoms with Gasteiger partial charge in [0.15, 0.2) is 0 Å². The molecule has 76 valence electrons. The summed E-state index contributed by atoms with van der Waals surface area (Å²) in [5, 5.41) is 4.01. The lowest BCUT2D eigenvalue weighted by Gasteiger charge is -2.21. The molecule has 1 heterocycles. The predicted octanol–water partition coefficient (Wildman–Crippen LogP) is 3.34. The highest BCUT2D eigenvalue weighted by Crippen LogP contribution is 2.48. The van der Waals surface area contributed by atoms with Crippen molar-refractivity contribution in [1.29, 1.82) is 0 Å². The van der Waals surface area contributed by atoms with Gasteiger partial charge in [-0.1, -0.05) is 18.5 Å². The number of nitrogens with one attached hydrogen (secondary N) is 1. The van der Waals surface area contributed by atoms with Crippen LogP contribution in [-0.4, -0.2) is 11.0 Å². The fourth-order valence-electron chi connectivity index (χ4n) is 1.55. The lowest BCUT2D eigenvalue weighted by molar-refractivity contribution is 0.493. The van der Waals surface area contributed by atoms with E-state index in [4.69, 9.17) is 11.6 Å². The highest BCUT2D eigenvalue weighted by molar-refractivity contribution is 6.29. The summed E-state index contributed by atoms with van der Waals surface area (Å²) in [7, 11) is 0. The van der Waals surface area contributed by atoms with Gasteiger partial charge in [-0.3, -0.25) is 0 Å². The van der Waals surface area contributed by atoms with Crippen molar-refractivity contribution in [3.05, 3.63) is 23.5 Å². The number of pyridine rings is 1. The van der Waals surface area contributed by atoms with Crippen molar-refractivity contribution in [2.24, 2.45) is 5.41 Å². The Hall–Kier alpha value is -0.760. The fraction of sp³-hybridized carbons (Fsp3) is 0.545. The van der Waals surface area contributed by atoms with Crippen LogP contribution < -0.4 is 5.32 Å². The minimum atomic E-state index is 0.482. The smallest absolute Gasteiger partial charge is 0.131 e. The predicted molar refractivity (Wildman–Crippen MR) is 59.7 cm³/mol. The van der Waals surface area contributed by atoms with Crippen molar-refractivity contribution >= 4 is 17.3 Å². The van der Waals surface area contributed by atoms with Crippen molar-refractivity contribution in [1.82, 2.24) is 4.98 Å². The Labute approximate surface area is 89.7 Å². The standard InChI is InChI=1S/C11H15ClN2/c1-8(11(2)4-5-11)14-9-3-6-13-10(12)7-9/h3,6-8H,4-5H2,1-2H3,(H,13,14). The second kappa shape index (κ2) is 3.43. The third-order valence-corrected chi connectivity index (χ3v) is 3.40. The maximum atomic E-state index is 5.81. The molecule has 2 rings (SSSR count). The van der Waals surface area contributed by atoms with Crippen LogP contribution >= 0.6 is 11.6 Å². The van der Waals surface area contributed by atoms with Gasteiger partial charge in [-0.2, -0.15) is 0 Å². The molecule has 1 aliphatic carbocycles. The summed E-state index contributed by atoms with van der Waals surface area (Å²) < 4.78 is 0. The Morgan fingerprint density at radius 2 is 2.29 bits per heavy atom. The van der Waals surface area contributed by atoms with Gasteiger partial charge in [0, 0.05) is 17.9 Å². The molecule has 0 spiro atoms. The third kappa shape index (κ3) is 2.01. The third-order valence-electron chi connectivity index (χ3n) is 3.19. The summed E-state index contributed by atoms with van der Waals surface area (Å²) in [4.78, 5) is 3.95. The number of aromatic nitrogens is 1. The largest absolute Gasteiger partial charge is 0.382 e. The second-order valence-corrected chi connectivity index (χ2v) is 4.77. The molecule has 1 saturated carbocycles. The highest BCUT2D eigenvalue weighted by Gasteiger charge is 2.42. The Bertz CT molecular complexity index is 334. The minimum Gasteiger partial charge on any atom is -0.382 e. The SMILES string of the molecule is CC(Nc1ccnc(Cl)c1)C1(C)CC1. The first-order chi connectivity index (χ1) is 6.60. The van der Waals surface area contributed by atoms with Gasteiger partial charge in [-0.05, 0) is 37.3 Å². The molecule has 1 aromatic heterocycles. The quantitative estimate of drug-likeness (QED) is 0.775. The first-order valence-corrected chi connectivity index (χ1v) is 5.36. The maximum absolute atomic E-state index is 5.81. The van der Waals surface area contributed by atoms with Gasteiger partial charge < -0.3 is 5.32 Å². The van der Waals surface area contributed by atoms with E-state index >= 15 is 0 Å². The number of rotatable bonds is 3. The molecule has 0 amide bonds. The summed E-state index contributed by atoms with van der Waals surface area (Å²) >= 11 is 5.81. The van der Waals surface area contributed by atoms with E-state index < -0.39 is 0 Å². The first kappa shape index (κ1) is 9.78. The molecule has 2 nitrogen and oxygen atoms in total. The molecule has 1 fully saturated rings. The molecule has 0 aliphatic heterocycles. The zero-order chi connectivity index (χ0) is 10.2. The van der Waals surface area contributed by atoms with Gasteiger partial charge in [0.2, 0.25) is 0 Å². The molecule has 1 aliphatic rings. The molecule has 1 unspecified atom stereocenters. The lowest BCUT2D eigenvalue weighted by Crippen LogP contribution is -2.24. The zero-order valence-corrected chi connectivity index (χ0v) is 9.30. The van der Waals surface area contributed by atoms with Gasteiger partial charge in [-0.25, -0.2) is 4.98 Å². The van der Waals surface area contributed by atoms with E-state index in [2.05, 4.69) is 24.1 Å². The number of nitrogens with zero attached hydrogens (tertiary/aromatic N) is 1. The van der Waals surface area contributed by atoms with E-state index in [9.17, 15) is 0 Å². The monoisotopic (exact) mass is 210 g/mol. The molecular formula is C11H15ClN2. The summed E-state index contributed by atoms with van der Waals surface area (Å²) in [6.45, 7) is 4.54. The Balaban J connectivity index is 2.03. The van der Waals surface area contributed by atoms with Crippen LogP contribution in [0.25, 0.3) is 0 Å². The summed E-state index contributed by atoms with van der Waals surface area (Å²) in [6.07, 6.45) is 4.37. The Morgan fingerprint density at radius 3 is 2.86 bits per heavy atom. The van der Waals surface area contributed by atoms with Gasteiger partial charge in [0.25, 0.3) is 0 Å². The van der Waals surface area contributed by atoms with Crippen molar-refractivity contribution < 1.29 is 0 Å². The van der Waals surface area contributed by atoms with Crippen LogP contribution in [0.5, 0.6) is 0 Å². The molecule has 1 N–H and O–H groups in total. The molecule has 1 atom stereocenters. The summed E-state index contributed by atoms with van der Waals surface area (Å²) in [6, 6.07) is 4.32. The van der Waals surface area contributed by atoms with E-state index in [-0.39, 0.29) is 0 Å². The summed E-state index contributed by atoms with van der Waals surface area (Å²) in [5.41, 5.74) is 1.54. The molecule has 1 aromatic rings. The second-order valence-electron chi connectivity index (χ2n) is 4.39. The van der Waals surface area contributed by atoms with Crippen LogP contribution in [0.3, 0.4) is 0 Å². The van der Waals surface area contributed by atoms with Gasteiger partial charge in [0.1, 0.15) is 5.15 Å². The maximum Gasteiger partial charge on any atom is 0.131 e. The van der Waals surface area contributed by atoms with E-state index in [0.29, 0.717) is 16.6 Å². The zero-order valence-electron chi connectivity index (χ0n) is 8.55. The van der Waals surface area contributed by atoms with E-state index in [1.165, 1.54) is 12.8 Å². The van der Waals surface area contributed by atoms with Crippen LogP contribution in [0, 0.1) is 5.41 Å². The summed E-state index contributed by atoms with van der Waals surface area (Å²) in [5.74, 6) is 0. The average molecular weight is 211 g/mol. The van der Waals surface area contributed by atoms with Gasteiger partial charge in [-0.15, -0.1) is 0 Å². The number of halogens is 1. The van der Waals surface area contributed by atoms with Crippen LogP contribution in [0.2, 0.25) is 5.15 Å². The Morgan fingerprint density at radius 1 is 1.57 bits per heavy atom. The van der Waals surface area contributed by atoms with Crippen LogP contribution in [0.1, 0.15) is 26.7 Å². The fourth-order valence-corrected chi connectivity index (χ4v) is 1.72.